The molecule has 0 spiro atoms. The Morgan fingerprint density at radius 1 is 1.59 bits per heavy atom. The number of hydrogen-bond acceptors (Lipinski definition) is 4. The highest BCUT2D eigenvalue weighted by Crippen LogP contribution is 2.20. The highest BCUT2D eigenvalue weighted by atomic mass is 32.2. The minimum atomic E-state index is -1.46. The monoisotopic (exact) mass is 253 g/mol. The molecule has 0 heterocycles. The number of aliphatic carboxylic acids is 1. The van der Waals surface area contributed by atoms with Gasteiger partial charge in [-0.15, -0.1) is 0 Å². The molecule has 0 aliphatic carbocycles. The molecule has 1 aromatic rings. The van der Waals surface area contributed by atoms with Crippen molar-refractivity contribution in [2.75, 3.05) is 12.9 Å². The van der Waals surface area contributed by atoms with Crippen LogP contribution in [0, 0.1) is 11.3 Å². The first-order chi connectivity index (χ1) is 8.06. The van der Waals surface area contributed by atoms with Crippen LogP contribution >= 0.6 is 0 Å². The summed E-state index contributed by atoms with van der Waals surface area (Å²) >= 11 is 0. The Hall–Kier alpha value is -1.87. The maximum Gasteiger partial charge on any atom is 0.316 e. The van der Waals surface area contributed by atoms with E-state index >= 15 is 0 Å². The zero-order valence-corrected chi connectivity index (χ0v) is 9.99. The lowest BCUT2D eigenvalue weighted by atomic mass is 10.1. The molecule has 0 amide bonds. The van der Waals surface area contributed by atoms with Crippen LogP contribution < -0.4 is 4.74 Å². The summed E-state index contributed by atoms with van der Waals surface area (Å²) in [6, 6.07) is 6.76. The molecule has 0 saturated carbocycles. The third-order valence-corrected chi connectivity index (χ3v) is 3.22. The second-order valence-corrected chi connectivity index (χ2v) is 4.73. The number of methoxy groups -OCH3 is 1. The lowest BCUT2D eigenvalue weighted by molar-refractivity contribution is -0.133. The van der Waals surface area contributed by atoms with Crippen molar-refractivity contribution in [2.24, 2.45) is 0 Å². The molecule has 1 atom stereocenters. The quantitative estimate of drug-likeness (QED) is 0.842. The first-order valence-corrected chi connectivity index (χ1v) is 6.19. The van der Waals surface area contributed by atoms with Gasteiger partial charge in [0.25, 0.3) is 0 Å². The molecule has 1 N–H and O–H groups in total. The Labute approximate surface area is 101 Å². The Bertz CT molecular complexity index is 493. The molecule has 0 saturated heterocycles. The molecular formula is C11H11NO4S. The maximum absolute atomic E-state index is 11.4. The number of carbonyl (C=O) groups is 1. The van der Waals surface area contributed by atoms with Crippen LogP contribution in [0.25, 0.3) is 0 Å². The average molecular weight is 253 g/mol. The first kappa shape index (κ1) is 13.2. The zero-order chi connectivity index (χ0) is 12.8. The van der Waals surface area contributed by atoms with E-state index in [1.165, 1.54) is 7.11 Å². The van der Waals surface area contributed by atoms with Crippen LogP contribution in [0.5, 0.6) is 5.75 Å². The van der Waals surface area contributed by atoms with Gasteiger partial charge in [0, 0.05) is 16.6 Å². The third kappa shape index (κ3) is 3.89. The average Bonchev–Trinajstić information content (AvgIpc) is 2.27. The molecule has 6 heteroatoms. The normalized spacial score (nSPS) is 11.5. The number of carboxylic acids is 1. The van der Waals surface area contributed by atoms with E-state index in [1.54, 1.807) is 18.2 Å². The molecule has 5 nitrogen and oxygen atoms in total. The smallest absolute Gasteiger partial charge is 0.316 e. The summed E-state index contributed by atoms with van der Waals surface area (Å²) in [6.45, 7) is 0. The van der Waals surface area contributed by atoms with Crippen molar-refractivity contribution in [1.29, 1.82) is 5.26 Å². The van der Waals surface area contributed by atoms with E-state index in [-0.39, 0.29) is 11.5 Å². The maximum atomic E-state index is 11.4. The fourth-order valence-corrected chi connectivity index (χ4v) is 2.22. The molecule has 0 aliphatic heterocycles. The summed E-state index contributed by atoms with van der Waals surface area (Å²) in [5.74, 6) is -0.947. The van der Waals surface area contributed by atoms with Crippen LogP contribution in [-0.2, 0) is 21.3 Å². The molecule has 0 bridgehead atoms. The van der Waals surface area contributed by atoms with Crippen LogP contribution in [0.15, 0.2) is 18.2 Å². The van der Waals surface area contributed by atoms with Crippen molar-refractivity contribution in [3.05, 3.63) is 29.3 Å². The molecule has 0 aliphatic rings. The summed E-state index contributed by atoms with van der Waals surface area (Å²) in [5, 5.41) is 17.3. The predicted molar refractivity (Wildman–Crippen MR) is 62.1 cm³/mol. The number of hydrogen-bond donors (Lipinski definition) is 1. The topological polar surface area (TPSA) is 87.4 Å². The number of nitrogens with zero attached hydrogens (tertiary/aromatic N) is 1. The second-order valence-electron chi connectivity index (χ2n) is 3.27. The summed E-state index contributed by atoms with van der Waals surface area (Å²) in [4.78, 5) is 10.4. The second kappa shape index (κ2) is 6.01. The molecule has 1 rings (SSSR count). The summed E-state index contributed by atoms with van der Waals surface area (Å²) in [6.07, 6.45) is 0. The van der Waals surface area contributed by atoms with Gasteiger partial charge in [0.1, 0.15) is 17.6 Å². The van der Waals surface area contributed by atoms with E-state index in [0.29, 0.717) is 16.9 Å². The molecule has 0 fully saturated rings. The molecule has 1 aromatic carbocycles. The number of nitriles is 1. The van der Waals surface area contributed by atoms with Gasteiger partial charge in [-0.2, -0.15) is 5.26 Å². The highest BCUT2D eigenvalue weighted by Gasteiger charge is 2.09. The van der Waals surface area contributed by atoms with Crippen LogP contribution in [0.1, 0.15) is 11.1 Å². The van der Waals surface area contributed by atoms with E-state index in [0.717, 1.165) is 0 Å². The number of benzene rings is 1. The Balaban J connectivity index is 2.83. The highest BCUT2D eigenvalue weighted by molar-refractivity contribution is 7.84. The van der Waals surface area contributed by atoms with Gasteiger partial charge in [-0.3, -0.25) is 9.00 Å². The van der Waals surface area contributed by atoms with Crippen molar-refractivity contribution in [1.82, 2.24) is 0 Å². The van der Waals surface area contributed by atoms with E-state index < -0.39 is 16.8 Å². The van der Waals surface area contributed by atoms with Gasteiger partial charge in [0.2, 0.25) is 0 Å². The van der Waals surface area contributed by atoms with Gasteiger partial charge in [-0.05, 0) is 17.7 Å². The lowest BCUT2D eigenvalue weighted by Gasteiger charge is -2.05. The summed E-state index contributed by atoms with van der Waals surface area (Å²) in [5.41, 5.74) is 1.07. The van der Waals surface area contributed by atoms with Crippen molar-refractivity contribution < 1.29 is 18.8 Å². The molecular weight excluding hydrogens is 242 g/mol. The lowest BCUT2D eigenvalue weighted by Crippen LogP contribution is -2.10. The van der Waals surface area contributed by atoms with Gasteiger partial charge >= 0.3 is 5.97 Å². The Morgan fingerprint density at radius 2 is 2.29 bits per heavy atom. The first-order valence-electron chi connectivity index (χ1n) is 4.70. The number of ether oxygens (including phenoxy) is 1. The molecule has 17 heavy (non-hydrogen) atoms. The third-order valence-electron chi connectivity index (χ3n) is 2.00. The fourth-order valence-electron chi connectivity index (χ4n) is 1.29. The van der Waals surface area contributed by atoms with Crippen molar-refractivity contribution >= 4 is 16.8 Å². The van der Waals surface area contributed by atoms with Crippen LogP contribution in [0.2, 0.25) is 0 Å². The predicted octanol–water partition coefficient (Wildman–Crippen LogP) is 0.900. The Morgan fingerprint density at radius 3 is 2.82 bits per heavy atom. The van der Waals surface area contributed by atoms with Crippen molar-refractivity contribution in [3.8, 4) is 11.8 Å². The van der Waals surface area contributed by atoms with Crippen molar-refractivity contribution in [3.63, 3.8) is 0 Å². The van der Waals surface area contributed by atoms with Gasteiger partial charge in [-0.25, -0.2) is 0 Å². The van der Waals surface area contributed by atoms with E-state index in [1.807, 2.05) is 6.07 Å². The van der Waals surface area contributed by atoms with Crippen molar-refractivity contribution in [2.45, 2.75) is 5.75 Å². The molecule has 90 valence electrons. The minimum absolute atomic E-state index is 0.133. The van der Waals surface area contributed by atoms with Crippen LogP contribution in [0.4, 0.5) is 0 Å². The zero-order valence-electron chi connectivity index (χ0n) is 9.17. The van der Waals surface area contributed by atoms with Crippen LogP contribution in [-0.4, -0.2) is 28.1 Å². The van der Waals surface area contributed by atoms with E-state index in [4.69, 9.17) is 15.1 Å². The largest absolute Gasteiger partial charge is 0.495 e. The summed E-state index contributed by atoms with van der Waals surface area (Å²) in [7, 11) is -0.0193. The van der Waals surface area contributed by atoms with Gasteiger partial charge in [-0.1, -0.05) is 6.07 Å². The summed E-state index contributed by atoms with van der Waals surface area (Å²) < 4.78 is 16.4. The van der Waals surface area contributed by atoms with Gasteiger partial charge < -0.3 is 9.84 Å². The molecule has 0 radical (unpaired) electrons. The standard InChI is InChI=1S/C11H11NO4S/c1-16-10-4-8(2-3-9(10)5-12)6-17(15)7-11(13)14/h2-4H,6-7H2,1H3,(H,13,14). The molecule has 0 aromatic heterocycles. The number of rotatable bonds is 5. The molecule has 1 unspecified atom stereocenters. The van der Waals surface area contributed by atoms with Gasteiger partial charge in [0.05, 0.1) is 12.7 Å². The Kier molecular flexibility index (Phi) is 4.67. The fraction of sp³-hybridized carbons (Fsp3) is 0.273. The minimum Gasteiger partial charge on any atom is -0.495 e. The van der Waals surface area contributed by atoms with E-state index in [2.05, 4.69) is 0 Å². The van der Waals surface area contributed by atoms with E-state index in [9.17, 15) is 9.00 Å². The SMILES string of the molecule is COc1cc(CS(=O)CC(=O)O)ccc1C#N. The number of carboxylic acid groups (broad SMARTS) is 1. The van der Waals surface area contributed by atoms with Crippen LogP contribution in [0.3, 0.4) is 0 Å². The van der Waals surface area contributed by atoms with Gasteiger partial charge in [0.15, 0.2) is 0 Å².